The molecule has 1 unspecified atom stereocenters. The molecule has 96 valence electrons. The Morgan fingerprint density at radius 1 is 1.39 bits per heavy atom. The fraction of sp³-hybridized carbons (Fsp3) is 0.636. The zero-order valence-corrected chi connectivity index (χ0v) is 10.1. The van der Waals surface area contributed by atoms with Gasteiger partial charge in [-0.15, -0.1) is 5.10 Å². The Balaban J connectivity index is 1.90. The van der Waals surface area contributed by atoms with Crippen LogP contribution in [0.4, 0.5) is 5.82 Å². The van der Waals surface area contributed by atoms with Gasteiger partial charge in [-0.3, -0.25) is 4.98 Å². The van der Waals surface area contributed by atoms with Crippen LogP contribution in [0, 0.1) is 0 Å². The van der Waals surface area contributed by atoms with Crippen LogP contribution in [0.5, 0.6) is 0 Å². The Morgan fingerprint density at radius 3 is 3.22 bits per heavy atom. The summed E-state index contributed by atoms with van der Waals surface area (Å²) >= 11 is 0. The number of hydrogen-bond acceptors (Lipinski definition) is 6. The lowest BCUT2D eigenvalue weighted by Crippen LogP contribution is -2.31. The molecule has 3 rings (SSSR count). The number of anilines is 1. The third-order valence-electron chi connectivity index (χ3n) is 3.46. The summed E-state index contributed by atoms with van der Waals surface area (Å²) in [6.45, 7) is 1.24. The predicted molar refractivity (Wildman–Crippen MR) is 65.3 cm³/mol. The highest BCUT2D eigenvalue weighted by Crippen LogP contribution is 2.27. The minimum atomic E-state index is 0.248. The van der Waals surface area contributed by atoms with Gasteiger partial charge in [0.05, 0.1) is 12.4 Å². The molecule has 0 aliphatic carbocycles. The van der Waals surface area contributed by atoms with Gasteiger partial charge in [0.1, 0.15) is 0 Å². The largest absolute Gasteiger partial charge is 0.396 e. The molecule has 7 nitrogen and oxygen atoms in total. The highest BCUT2D eigenvalue weighted by molar-refractivity contribution is 5.47. The first kappa shape index (κ1) is 11.3. The Morgan fingerprint density at radius 2 is 2.33 bits per heavy atom. The molecule has 7 heteroatoms. The normalized spacial score (nSPS) is 19.8. The van der Waals surface area contributed by atoms with E-state index < -0.39 is 0 Å². The van der Waals surface area contributed by atoms with E-state index in [1.165, 1.54) is 0 Å². The van der Waals surface area contributed by atoms with Crippen molar-refractivity contribution in [1.29, 1.82) is 0 Å². The van der Waals surface area contributed by atoms with Gasteiger partial charge < -0.3 is 10.0 Å². The van der Waals surface area contributed by atoms with Gasteiger partial charge in [0, 0.05) is 19.2 Å². The average Bonchev–Trinajstić information content (AvgIpc) is 3.04. The van der Waals surface area contributed by atoms with Gasteiger partial charge in [-0.25, -0.2) is 0 Å². The highest BCUT2D eigenvalue weighted by atomic mass is 16.2. The maximum atomic E-state index is 8.95. The zero-order chi connectivity index (χ0) is 12.4. The van der Waals surface area contributed by atoms with E-state index in [1.54, 1.807) is 16.9 Å². The summed E-state index contributed by atoms with van der Waals surface area (Å²) in [7, 11) is 0. The molecule has 1 aliphatic heterocycles. The molecule has 0 saturated carbocycles. The van der Waals surface area contributed by atoms with Gasteiger partial charge in [-0.05, 0) is 36.1 Å². The van der Waals surface area contributed by atoms with E-state index >= 15 is 0 Å². The van der Waals surface area contributed by atoms with Crippen LogP contribution in [0.2, 0.25) is 0 Å². The van der Waals surface area contributed by atoms with E-state index in [2.05, 4.69) is 25.4 Å². The van der Waals surface area contributed by atoms with Gasteiger partial charge >= 0.3 is 0 Å². The van der Waals surface area contributed by atoms with Crippen LogP contribution in [0.15, 0.2) is 12.4 Å². The van der Waals surface area contributed by atoms with Crippen molar-refractivity contribution < 1.29 is 5.11 Å². The van der Waals surface area contributed by atoms with Crippen LogP contribution >= 0.6 is 0 Å². The third kappa shape index (κ3) is 1.90. The first-order valence-electron chi connectivity index (χ1n) is 6.30. The predicted octanol–water partition coefficient (Wildman–Crippen LogP) is 0.261. The number of aromatic nitrogens is 5. The minimum Gasteiger partial charge on any atom is -0.396 e. The quantitative estimate of drug-likeness (QED) is 0.836. The molecule has 1 atom stereocenters. The molecule has 0 aromatic carbocycles. The molecule has 1 aliphatic rings. The molecule has 0 radical (unpaired) electrons. The number of tetrazole rings is 1. The van der Waals surface area contributed by atoms with E-state index in [0.717, 1.165) is 38.0 Å². The van der Waals surface area contributed by atoms with Gasteiger partial charge in [0.25, 0.3) is 0 Å². The van der Waals surface area contributed by atoms with E-state index in [9.17, 15) is 0 Å². The lowest BCUT2D eigenvalue weighted by molar-refractivity contribution is 0.279. The molecule has 18 heavy (non-hydrogen) atoms. The van der Waals surface area contributed by atoms with Crippen molar-refractivity contribution in [2.24, 2.45) is 0 Å². The monoisotopic (exact) mass is 248 g/mol. The van der Waals surface area contributed by atoms with E-state index in [0.29, 0.717) is 11.7 Å². The summed E-state index contributed by atoms with van der Waals surface area (Å²) in [6, 6.07) is 0.453. The summed E-state index contributed by atoms with van der Waals surface area (Å²) < 4.78 is 1.73. The number of fused-ring (bicyclic) bond motifs is 1. The maximum Gasteiger partial charge on any atom is 0.199 e. The lowest BCUT2D eigenvalue weighted by atomic mass is 10.1. The Labute approximate surface area is 104 Å². The molecule has 3 heterocycles. The van der Waals surface area contributed by atoms with Crippen LogP contribution < -0.4 is 4.90 Å². The van der Waals surface area contributed by atoms with Crippen molar-refractivity contribution in [3.8, 4) is 0 Å². The second-order valence-electron chi connectivity index (χ2n) is 4.57. The standard InChI is InChI=1S/C11H16N6O/c18-6-2-4-9-3-1-5-16(9)11-8-12-7-10-13-14-15-17(10)11/h7-9,18H,1-6H2. The van der Waals surface area contributed by atoms with Crippen molar-refractivity contribution in [2.75, 3.05) is 18.1 Å². The summed E-state index contributed by atoms with van der Waals surface area (Å²) in [5, 5.41) is 20.5. The van der Waals surface area contributed by atoms with Crippen molar-refractivity contribution in [1.82, 2.24) is 25.0 Å². The Kier molecular flexibility index (Phi) is 3.06. The molecule has 1 saturated heterocycles. The van der Waals surface area contributed by atoms with E-state index in [1.807, 2.05) is 0 Å². The number of aliphatic hydroxyl groups is 1. The summed E-state index contributed by atoms with van der Waals surface area (Å²) in [5.74, 6) is 0.943. The lowest BCUT2D eigenvalue weighted by Gasteiger charge is -2.26. The van der Waals surface area contributed by atoms with Gasteiger partial charge in [-0.1, -0.05) is 0 Å². The third-order valence-corrected chi connectivity index (χ3v) is 3.46. The van der Waals surface area contributed by atoms with Crippen LogP contribution in [0.1, 0.15) is 25.7 Å². The molecule has 1 N–H and O–H groups in total. The Hall–Kier alpha value is -1.76. The molecule has 2 aromatic heterocycles. The number of nitrogens with zero attached hydrogens (tertiary/aromatic N) is 6. The summed E-state index contributed by atoms with van der Waals surface area (Å²) in [4.78, 5) is 6.49. The van der Waals surface area contributed by atoms with E-state index in [4.69, 9.17) is 5.11 Å². The molecule has 0 amide bonds. The summed E-state index contributed by atoms with van der Waals surface area (Å²) in [5.41, 5.74) is 0.667. The molecule has 0 spiro atoms. The van der Waals surface area contributed by atoms with Crippen molar-refractivity contribution in [3.05, 3.63) is 12.4 Å². The topological polar surface area (TPSA) is 79.4 Å². The van der Waals surface area contributed by atoms with Gasteiger partial charge in [-0.2, -0.15) is 4.52 Å². The first-order chi connectivity index (χ1) is 8.90. The molecule has 1 fully saturated rings. The van der Waals surface area contributed by atoms with Gasteiger partial charge in [0.2, 0.25) is 0 Å². The van der Waals surface area contributed by atoms with Gasteiger partial charge in [0.15, 0.2) is 11.5 Å². The zero-order valence-electron chi connectivity index (χ0n) is 10.1. The fourth-order valence-corrected chi connectivity index (χ4v) is 2.62. The van der Waals surface area contributed by atoms with Crippen molar-refractivity contribution in [3.63, 3.8) is 0 Å². The number of aliphatic hydroxyl groups excluding tert-OH is 1. The van der Waals surface area contributed by atoms with Crippen LogP contribution in [-0.4, -0.2) is 49.3 Å². The smallest absolute Gasteiger partial charge is 0.199 e. The number of rotatable bonds is 4. The van der Waals surface area contributed by atoms with Crippen LogP contribution in [0.25, 0.3) is 5.65 Å². The Bertz CT molecular complexity index is 527. The van der Waals surface area contributed by atoms with Crippen molar-refractivity contribution >= 4 is 11.5 Å². The molecular weight excluding hydrogens is 232 g/mol. The fourth-order valence-electron chi connectivity index (χ4n) is 2.62. The van der Waals surface area contributed by atoms with E-state index in [-0.39, 0.29) is 6.61 Å². The second-order valence-corrected chi connectivity index (χ2v) is 4.57. The molecule has 0 bridgehead atoms. The van der Waals surface area contributed by atoms with Crippen LogP contribution in [-0.2, 0) is 0 Å². The first-order valence-corrected chi connectivity index (χ1v) is 6.30. The second kappa shape index (κ2) is 4.85. The van der Waals surface area contributed by atoms with Crippen molar-refractivity contribution in [2.45, 2.75) is 31.7 Å². The SMILES string of the molecule is OCCCC1CCCN1c1cncc2nnnn12. The molecule has 2 aromatic rings. The number of hydrogen-bond donors (Lipinski definition) is 1. The minimum absolute atomic E-state index is 0.248. The maximum absolute atomic E-state index is 8.95. The average molecular weight is 248 g/mol. The summed E-state index contributed by atoms with van der Waals surface area (Å²) in [6.07, 6.45) is 7.60. The molecular formula is C11H16N6O. The highest BCUT2D eigenvalue weighted by Gasteiger charge is 2.26. The van der Waals surface area contributed by atoms with Crippen LogP contribution in [0.3, 0.4) is 0 Å².